The van der Waals surface area contributed by atoms with Gasteiger partial charge in [0.15, 0.2) is 0 Å². The molecule has 3 heteroatoms. The Morgan fingerprint density at radius 1 is 0.686 bits per heavy atom. The third kappa shape index (κ3) is 6.07. The highest BCUT2D eigenvalue weighted by Gasteiger charge is 2.15. The molecule has 5 rings (SSSR count). The summed E-state index contributed by atoms with van der Waals surface area (Å²) in [5, 5.41) is 0. The monoisotopic (exact) mass is 451 g/mol. The Bertz CT molecular complexity index is 1360. The van der Waals surface area contributed by atoms with E-state index < -0.39 is 0 Å². The summed E-state index contributed by atoms with van der Waals surface area (Å²) in [6.45, 7) is 0.880. The molecule has 0 amide bonds. The molecule has 1 aromatic heterocycles. The van der Waals surface area contributed by atoms with E-state index in [1.165, 1.54) is 27.9 Å². The number of aryl methyl sites for hydroxylation is 1. The Morgan fingerprint density at radius 2 is 1.26 bits per heavy atom. The van der Waals surface area contributed by atoms with Gasteiger partial charge in [0.2, 0.25) is 7.28 Å². The first-order valence-electron chi connectivity index (χ1n) is 12.1. The summed E-state index contributed by atoms with van der Waals surface area (Å²) in [5.74, 6) is 0. The Hall–Kier alpha value is -4.11. The van der Waals surface area contributed by atoms with E-state index in [4.69, 9.17) is 4.98 Å². The van der Waals surface area contributed by atoms with E-state index in [2.05, 4.69) is 139 Å². The second kappa shape index (κ2) is 11.3. The third-order valence-corrected chi connectivity index (χ3v) is 6.18. The van der Waals surface area contributed by atoms with Crippen molar-refractivity contribution in [3.05, 3.63) is 155 Å². The van der Waals surface area contributed by atoms with Gasteiger partial charge in [-0.05, 0) is 28.7 Å². The molecule has 5 aromatic rings. The van der Waals surface area contributed by atoms with E-state index >= 15 is 0 Å². The lowest BCUT2D eigenvalue weighted by molar-refractivity contribution is 0.685. The lowest BCUT2D eigenvalue weighted by atomic mass is 9.65. The normalized spacial score (nSPS) is 11.4. The third-order valence-electron chi connectivity index (χ3n) is 6.18. The van der Waals surface area contributed by atoms with E-state index in [-0.39, 0.29) is 0 Å². The fourth-order valence-corrected chi connectivity index (χ4v) is 4.34. The number of aromatic nitrogens is 2. The fourth-order valence-electron chi connectivity index (χ4n) is 4.34. The molecule has 0 unspecified atom stereocenters. The zero-order valence-electron chi connectivity index (χ0n) is 19.8. The number of hydrogen-bond acceptors (Lipinski definition) is 1. The van der Waals surface area contributed by atoms with Gasteiger partial charge in [-0.15, -0.1) is 0 Å². The molecule has 0 bridgehead atoms. The maximum Gasteiger partial charge on any atom is 0.241 e. The van der Waals surface area contributed by atoms with Crippen LogP contribution < -0.4 is 5.72 Å². The first-order valence-corrected chi connectivity index (χ1v) is 12.1. The minimum absolute atomic E-state index is 0.861. The van der Waals surface area contributed by atoms with Gasteiger partial charge in [0, 0.05) is 24.9 Å². The maximum absolute atomic E-state index is 4.90. The highest BCUT2D eigenvalue weighted by molar-refractivity contribution is 6.73. The summed E-state index contributed by atoms with van der Waals surface area (Å²) in [5.41, 5.74) is 8.34. The molecule has 0 aliphatic heterocycles. The lowest BCUT2D eigenvalue weighted by Gasteiger charge is -2.14. The molecule has 1 heterocycles. The summed E-state index contributed by atoms with van der Waals surface area (Å²) in [4.78, 5) is 4.90. The molecule has 0 fully saturated rings. The molecule has 0 saturated carbocycles. The second-order valence-corrected chi connectivity index (χ2v) is 8.68. The molecule has 0 N–H and O–H groups in total. The van der Waals surface area contributed by atoms with Gasteiger partial charge >= 0.3 is 0 Å². The highest BCUT2D eigenvalue weighted by atomic mass is 15.1. The van der Waals surface area contributed by atoms with Gasteiger partial charge in [0.1, 0.15) is 0 Å². The van der Waals surface area contributed by atoms with E-state index in [0.29, 0.717) is 0 Å². The van der Waals surface area contributed by atoms with Crippen molar-refractivity contribution in [2.24, 2.45) is 0 Å². The molecule has 4 aromatic carbocycles. The summed E-state index contributed by atoms with van der Waals surface area (Å²) >= 11 is 0. The van der Waals surface area contributed by atoms with Crippen molar-refractivity contribution in [1.29, 1.82) is 0 Å². The van der Waals surface area contributed by atoms with E-state index in [9.17, 15) is 0 Å². The van der Waals surface area contributed by atoms with Crippen LogP contribution in [0.5, 0.6) is 0 Å². The van der Waals surface area contributed by atoms with Crippen molar-refractivity contribution in [3.63, 3.8) is 0 Å². The SMILES string of the molecule is [B](C(=Cc1ccccc1)c1ccccc1)c1ncc(Cc2ccccc2)n1CCc1ccccc1. The standard InChI is InChI=1S/C32H28BN2/c1-5-13-26(14-6-1)21-22-35-30(23-27-15-7-2-8-16-27)25-34-32(35)33-31(29-19-11-4-12-20-29)24-28-17-9-3-10-18-28/h1-20,24-25H,21-23H2. The smallest absolute Gasteiger partial charge is 0.241 e. The van der Waals surface area contributed by atoms with Crippen molar-refractivity contribution >= 4 is 24.6 Å². The summed E-state index contributed by atoms with van der Waals surface area (Å²) in [7, 11) is 2.22. The van der Waals surface area contributed by atoms with Gasteiger partial charge in [-0.2, -0.15) is 0 Å². The van der Waals surface area contributed by atoms with Crippen LogP contribution in [0.3, 0.4) is 0 Å². The van der Waals surface area contributed by atoms with E-state index in [1.807, 2.05) is 6.20 Å². The van der Waals surface area contributed by atoms with Crippen LogP contribution in [0.25, 0.3) is 11.5 Å². The number of nitrogens with zero attached hydrogens (tertiary/aromatic N) is 2. The molecular weight excluding hydrogens is 423 g/mol. The molecule has 2 nitrogen and oxygen atoms in total. The average Bonchev–Trinajstić information content (AvgIpc) is 3.30. The van der Waals surface area contributed by atoms with E-state index in [0.717, 1.165) is 30.6 Å². The van der Waals surface area contributed by atoms with Crippen molar-refractivity contribution in [1.82, 2.24) is 9.55 Å². The van der Waals surface area contributed by atoms with Crippen LogP contribution in [0.1, 0.15) is 27.9 Å². The number of imidazole rings is 1. The van der Waals surface area contributed by atoms with Crippen LogP contribution in [-0.2, 0) is 19.4 Å². The Kier molecular flexibility index (Phi) is 7.35. The van der Waals surface area contributed by atoms with Crippen LogP contribution in [-0.4, -0.2) is 16.8 Å². The van der Waals surface area contributed by atoms with Gasteiger partial charge in [0.25, 0.3) is 0 Å². The Labute approximate surface area is 208 Å². The molecule has 1 radical (unpaired) electrons. The van der Waals surface area contributed by atoms with Gasteiger partial charge in [0.05, 0.1) is 5.72 Å². The lowest BCUT2D eigenvalue weighted by Crippen LogP contribution is -2.29. The van der Waals surface area contributed by atoms with Crippen molar-refractivity contribution in [3.8, 4) is 0 Å². The average molecular weight is 451 g/mol. The van der Waals surface area contributed by atoms with Crippen molar-refractivity contribution in [2.75, 3.05) is 0 Å². The Balaban J connectivity index is 1.49. The quantitative estimate of drug-likeness (QED) is 0.192. The number of hydrogen-bond donors (Lipinski definition) is 0. The Morgan fingerprint density at radius 3 is 1.91 bits per heavy atom. The molecule has 0 aliphatic carbocycles. The topological polar surface area (TPSA) is 17.8 Å². The zero-order valence-corrected chi connectivity index (χ0v) is 19.8. The van der Waals surface area contributed by atoms with Gasteiger partial charge in [-0.25, -0.2) is 0 Å². The van der Waals surface area contributed by atoms with E-state index in [1.54, 1.807) is 0 Å². The van der Waals surface area contributed by atoms with Crippen LogP contribution in [0.2, 0.25) is 0 Å². The van der Waals surface area contributed by atoms with Crippen LogP contribution in [0.4, 0.5) is 0 Å². The zero-order chi connectivity index (χ0) is 23.7. The maximum atomic E-state index is 4.90. The predicted octanol–water partition coefficient (Wildman–Crippen LogP) is 6.24. The molecule has 0 aliphatic rings. The first-order chi connectivity index (χ1) is 17.3. The summed E-state index contributed by atoms with van der Waals surface area (Å²) in [6, 6.07) is 42.3. The molecular formula is C32H28BN2. The van der Waals surface area contributed by atoms with Crippen LogP contribution in [0, 0.1) is 0 Å². The first kappa shape index (κ1) is 22.7. The second-order valence-electron chi connectivity index (χ2n) is 8.68. The molecule has 0 atom stereocenters. The fraction of sp³-hybridized carbons (Fsp3) is 0.0938. The molecule has 35 heavy (non-hydrogen) atoms. The highest BCUT2D eigenvalue weighted by Crippen LogP contribution is 2.18. The summed E-state index contributed by atoms with van der Waals surface area (Å²) in [6.07, 6.45) is 6.10. The number of rotatable bonds is 9. The largest absolute Gasteiger partial charge is 0.340 e. The van der Waals surface area contributed by atoms with Crippen LogP contribution in [0.15, 0.2) is 128 Å². The van der Waals surface area contributed by atoms with Crippen molar-refractivity contribution < 1.29 is 0 Å². The molecule has 0 spiro atoms. The summed E-state index contributed by atoms with van der Waals surface area (Å²) < 4.78 is 2.38. The number of benzene rings is 4. The van der Waals surface area contributed by atoms with Gasteiger partial charge < -0.3 is 4.57 Å². The van der Waals surface area contributed by atoms with Crippen LogP contribution >= 0.6 is 0 Å². The minimum Gasteiger partial charge on any atom is -0.340 e. The molecule has 0 saturated heterocycles. The van der Waals surface area contributed by atoms with Gasteiger partial charge in [-0.1, -0.05) is 133 Å². The minimum atomic E-state index is 0.861. The van der Waals surface area contributed by atoms with Crippen molar-refractivity contribution in [2.45, 2.75) is 19.4 Å². The molecule has 169 valence electrons. The predicted molar refractivity (Wildman–Crippen MR) is 148 cm³/mol. The van der Waals surface area contributed by atoms with Gasteiger partial charge in [-0.3, -0.25) is 4.98 Å².